The van der Waals surface area contributed by atoms with Crippen molar-refractivity contribution in [2.24, 2.45) is 10.2 Å². The molecule has 0 aliphatic carbocycles. The zero-order valence-corrected chi connectivity index (χ0v) is 24.0. The van der Waals surface area contributed by atoms with Crippen molar-refractivity contribution >= 4 is 42.7 Å². The standard InChI is InChI=1S/C28H28N6O4S2/c1-19(21-10-14-24(15-11-21)39(3,35)36)31-33-26-18-27(30-28(29-26)23-8-6-5-7-9-23)34-32-20(2)22-12-16-25(17-13-22)40(4,37)38/h5-18H,1-4H3,(H2,29,30,33,34). The summed E-state index contributed by atoms with van der Waals surface area (Å²) in [5.74, 6) is 1.27. The Labute approximate surface area is 233 Å². The van der Waals surface area contributed by atoms with Crippen molar-refractivity contribution in [3.63, 3.8) is 0 Å². The molecule has 206 valence electrons. The van der Waals surface area contributed by atoms with Crippen LogP contribution in [0.4, 0.5) is 11.6 Å². The molecular weight excluding hydrogens is 548 g/mol. The van der Waals surface area contributed by atoms with Crippen LogP contribution in [-0.4, -0.2) is 50.7 Å². The molecular formula is C28H28N6O4S2. The summed E-state index contributed by atoms with van der Waals surface area (Å²) < 4.78 is 46.9. The van der Waals surface area contributed by atoms with Crippen molar-refractivity contribution < 1.29 is 16.8 Å². The average molecular weight is 577 g/mol. The van der Waals surface area contributed by atoms with E-state index in [4.69, 9.17) is 0 Å². The number of aromatic nitrogens is 2. The highest BCUT2D eigenvalue weighted by Crippen LogP contribution is 2.21. The first kappa shape index (κ1) is 28.6. The van der Waals surface area contributed by atoms with Crippen molar-refractivity contribution in [2.75, 3.05) is 23.4 Å². The molecule has 10 nitrogen and oxygen atoms in total. The highest BCUT2D eigenvalue weighted by molar-refractivity contribution is 7.91. The molecule has 2 N–H and O–H groups in total. The number of hydrogen-bond donors (Lipinski definition) is 2. The number of nitrogens with zero attached hydrogens (tertiary/aromatic N) is 4. The number of rotatable bonds is 9. The van der Waals surface area contributed by atoms with Crippen LogP contribution in [0.5, 0.6) is 0 Å². The first-order valence-corrected chi connectivity index (χ1v) is 15.8. The van der Waals surface area contributed by atoms with E-state index in [0.29, 0.717) is 28.9 Å². The second-order valence-corrected chi connectivity index (χ2v) is 13.1. The van der Waals surface area contributed by atoms with Crippen LogP contribution in [0.15, 0.2) is 105 Å². The second kappa shape index (κ2) is 11.8. The summed E-state index contributed by atoms with van der Waals surface area (Å²) in [6.45, 7) is 3.59. The van der Waals surface area contributed by atoms with Crippen LogP contribution in [0.3, 0.4) is 0 Å². The number of hydrogen-bond acceptors (Lipinski definition) is 10. The maximum Gasteiger partial charge on any atom is 0.175 e. The van der Waals surface area contributed by atoms with Crippen LogP contribution < -0.4 is 10.9 Å². The Kier molecular flexibility index (Phi) is 8.40. The molecule has 0 atom stereocenters. The van der Waals surface area contributed by atoms with Gasteiger partial charge in [0.15, 0.2) is 37.1 Å². The van der Waals surface area contributed by atoms with Crippen molar-refractivity contribution in [2.45, 2.75) is 23.6 Å². The molecule has 4 rings (SSSR count). The predicted molar refractivity (Wildman–Crippen MR) is 158 cm³/mol. The van der Waals surface area contributed by atoms with Gasteiger partial charge >= 0.3 is 0 Å². The van der Waals surface area contributed by atoms with Gasteiger partial charge in [0, 0.05) is 24.1 Å². The number of benzene rings is 3. The van der Waals surface area contributed by atoms with E-state index in [1.165, 1.54) is 0 Å². The van der Waals surface area contributed by atoms with Crippen LogP contribution >= 0.6 is 0 Å². The molecule has 0 aliphatic rings. The van der Waals surface area contributed by atoms with Gasteiger partial charge in [0.25, 0.3) is 0 Å². The fourth-order valence-electron chi connectivity index (χ4n) is 3.58. The third-order valence-electron chi connectivity index (χ3n) is 5.83. The Morgan fingerprint density at radius 3 is 1.40 bits per heavy atom. The molecule has 0 spiro atoms. The first-order valence-electron chi connectivity index (χ1n) is 12.1. The smallest absolute Gasteiger partial charge is 0.175 e. The summed E-state index contributed by atoms with van der Waals surface area (Å²) in [7, 11) is -6.58. The second-order valence-electron chi connectivity index (χ2n) is 9.04. The molecule has 3 aromatic carbocycles. The summed E-state index contributed by atoms with van der Waals surface area (Å²) in [6.07, 6.45) is 2.32. The van der Waals surface area contributed by atoms with Crippen LogP contribution in [0.25, 0.3) is 11.4 Å². The average Bonchev–Trinajstić information content (AvgIpc) is 2.94. The van der Waals surface area contributed by atoms with Crippen LogP contribution in [-0.2, 0) is 19.7 Å². The molecule has 0 amide bonds. The zero-order valence-electron chi connectivity index (χ0n) is 22.3. The number of anilines is 2. The fourth-order valence-corrected chi connectivity index (χ4v) is 4.84. The van der Waals surface area contributed by atoms with Gasteiger partial charge in [-0.1, -0.05) is 54.6 Å². The molecule has 0 aliphatic heterocycles. The van der Waals surface area contributed by atoms with Gasteiger partial charge in [-0.05, 0) is 49.2 Å². The molecule has 12 heteroatoms. The lowest BCUT2D eigenvalue weighted by Gasteiger charge is -2.09. The normalized spacial score (nSPS) is 12.7. The van der Waals surface area contributed by atoms with E-state index in [-0.39, 0.29) is 9.79 Å². The summed E-state index contributed by atoms with van der Waals surface area (Å²) in [5, 5.41) is 8.83. The monoisotopic (exact) mass is 576 g/mol. The molecule has 1 aromatic heterocycles. The lowest BCUT2D eigenvalue weighted by molar-refractivity contribution is 0.600. The van der Waals surface area contributed by atoms with Crippen molar-refractivity contribution in [3.8, 4) is 11.4 Å². The van der Waals surface area contributed by atoms with Crippen molar-refractivity contribution in [1.82, 2.24) is 9.97 Å². The molecule has 0 unspecified atom stereocenters. The molecule has 4 aromatic rings. The maximum absolute atomic E-state index is 11.7. The van der Waals surface area contributed by atoms with E-state index in [0.717, 1.165) is 29.2 Å². The quantitative estimate of drug-likeness (QED) is 0.217. The van der Waals surface area contributed by atoms with Gasteiger partial charge in [0.05, 0.1) is 21.2 Å². The van der Waals surface area contributed by atoms with Gasteiger partial charge in [0.1, 0.15) is 0 Å². The van der Waals surface area contributed by atoms with E-state index >= 15 is 0 Å². The zero-order chi connectivity index (χ0) is 28.9. The first-order chi connectivity index (χ1) is 18.9. The van der Waals surface area contributed by atoms with Crippen molar-refractivity contribution in [3.05, 3.63) is 96.1 Å². The minimum Gasteiger partial charge on any atom is -0.261 e. The molecule has 0 fully saturated rings. The number of nitrogens with one attached hydrogen (secondary N) is 2. The Morgan fingerprint density at radius 2 is 1.02 bits per heavy atom. The predicted octanol–water partition coefficient (Wildman–Crippen LogP) is 4.62. The molecule has 1 heterocycles. The minimum atomic E-state index is -3.29. The third-order valence-corrected chi connectivity index (χ3v) is 8.09. The van der Waals surface area contributed by atoms with E-state index in [1.54, 1.807) is 68.4 Å². The van der Waals surface area contributed by atoms with Gasteiger partial charge < -0.3 is 0 Å². The van der Waals surface area contributed by atoms with Gasteiger partial charge in [-0.15, -0.1) is 0 Å². The third kappa shape index (κ3) is 7.36. The SMILES string of the molecule is CC(=NNc1cc(NN=C(C)c2ccc(S(C)(=O)=O)cc2)nc(-c2ccccc2)n1)c1ccc(S(C)(=O)=O)cc1. The largest absolute Gasteiger partial charge is 0.261 e. The fraction of sp³-hybridized carbons (Fsp3) is 0.143. The van der Waals surface area contributed by atoms with E-state index < -0.39 is 19.7 Å². The highest BCUT2D eigenvalue weighted by atomic mass is 32.2. The lowest BCUT2D eigenvalue weighted by Crippen LogP contribution is -2.06. The molecule has 40 heavy (non-hydrogen) atoms. The van der Waals surface area contributed by atoms with Gasteiger partial charge in [-0.2, -0.15) is 10.2 Å². The van der Waals surface area contributed by atoms with Crippen LogP contribution in [0, 0.1) is 0 Å². The summed E-state index contributed by atoms with van der Waals surface area (Å²) >= 11 is 0. The van der Waals surface area contributed by atoms with E-state index in [9.17, 15) is 16.8 Å². The Balaban J connectivity index is 1.60. The Bertz CT molecular complexity index is 1670. The summed E-state index contributed by atoms with van der Waals surface area (Å²) in [4.78, 5) is 9.63. The highest BCUT2D eigenvalue weighted by Gasteiger charge is 2.10. The van der Waals surface area contributed by atoms with Gasteiger partial charge in [-0.25, -0.2) is 26.8 Å². The van der Waals surface area contributed by atoms with Gasteiger partial charge in [0.2, 0.25) is 0 Å². The van der Waals surface area contributed by atoms with E-state index in [2.05, 4.69) is 31.0 Å². The summed E-state index contributed by atoms with van der Waals surface area (Å²) in [6, 6.07) is 24.0. The molecule has 0 bridgehead atoms. The Hall–Kier alpha value is -4.42. The molecule has 0 saturated carbocycles. The van der Waals surface area contributed by atoms with Gasteiger partial charge in [-0.3, -0.25) is 10.9 Å². The Morgan fingerprint density at radius 1 is 0.625 bits per heavy atom. The maximum atomic E-state index is 11.7. The molecule has 0 saturated heterocycles. The summed E-state index contributed by atoms with van der Waals surface area (Å²) in [5.41, 5.74) is 9.44. The lowest BCUT2D eigenvalue weighted by atomic mass is 10.1. The van der Waals surface area contributed by atoms with Crippen LogP contribution in [0.2, 0.25) is 0 Å². The number of hydrazone groups is 2. The molecule has 0 radical (unpaired) electrons. The van der Waals surface area contributed by atoms with E-state index in [1.807, 2.05) is 30.3 Å². The van der Waals surface area contributed by atoms with Crippen molar-refractivity contribution in [1.29, 1.82) is 0 Å². The minimum absolute atomic E-state index is 0.234. The number of sulfone groups is 2. The van der Waals surface area contributed by atoms with Crippen LogP contribution in [0.1, 0.15) is 25.0 Å². The topological polar surface area (TPSA) is 143 Å².